The molecule has 1 aliphatic heterocycles. The molecule has 0 spiro atoms. The molecule has 3 heterocycles. The van der Waals surface area contributed by atoms with Crippen molar-refractivity contribution >= 4 is 59.8 Å². The number of allylic oxidation sites excluding steroid dienone is 4. The van der Waals surface area contributed by atoms with Gasteiger partial charge in [0.2, 0.25) is 0 Å². The van der Waals surface area contributed by atoms with Crippen LogP contribution in [0.5, 0.6) is 0 Å². The molecule has 1 aliphatic carbocycles. The molecule has 1 unspecified atom stereocenters. The number of thiophene rings is 1. The third kappa shape index (κ3) is 5.30. The molecule has 1 atom stereocenters. The molecular weight excluding hydrogens is 504 g/mol. The van der Waals surface area contributed by atoms with Gasteiger partial charge in [-0.1, -0.05) is 42.1 Å². The van der Waals surface area contributed by atoms with Crippen molar-refractivity contribution in [2.45, 2.75) is 5.03 Å². The van der Waals surface area contributed by atoms with Crippen LogP contribution in [0.25, 0.3) is 21.3 Å². The van der Waals surface area contributed by atoms with Crippen LogP contribution in [-0.2, 0) is 19.5 Å². The summed E-state index contributed by atoms with van der Waals surface area (Å²) in [5.41, 5.74) is 2.55. The second-order valence-corrected chi connectivity index (χ2v) is 11.5. The Kier molecular flexibility index (Phi) is 7.23. The Morgan fingerprint density at radius 2 is 1.89 bits per heavy atom. The van der Waals surface area contributed by atoms with Crippen molar-refractivity contribution in [1.82, 2.24) is 14.3 Å². The third-order valence-corrected chi connectivity index (χ3v) is 9.28. The predicted molar refractivity (Wildman–Crippen MR) is 142 cm³/mol. The fourth-order valence-electron chi connectivity index (χ4n) is 3.73. The highest BCUT2D eigenvalue weighted by Crippen LogP contribution is 2.37. The zero-order valence-corrected chi connectivity index (χ0v) is 21.0. The Bertz CT molecular complexity index is 1450. The number of aliphatic imine (C=N–C) groups is 1. The number of ether oxygens (including phenoxy) is 1. The highest BCUT2D eigenvalue weighted by molar-refractivity contribution is 8.00. The maximum absolute atomic E-state index is 12.9. The van der Waals surface area contributed by atoms with Crippen LogP contribution in [-0.4, -0.2) is 71.6 Å². The summed E-state index contributed by atoms with van der Waals surface area (Å²) >= 11 is 2.87. The van der Waals surface area contributed by atoms with Gasteiger partial charge in [0.15, 0.2) is 9.99 Å². The number of hydrogen-bond donors (Lipinski definition) is 1. The van der Waals surface area contributed by atoms with Crippen molar-refractivity contribution < 1.29 is 18.3 Å². The van der Waals surface area contributed by atoms with Crippen molar-refractivity contribution in [3.05, 3.63) is 66.3 Å². The Balaban J connectivity index is 1.30. The molecule has 3 aromatic rings. The smallest absolute Gasteiger partial charge is 0.256 e. The molecule has 0 radical (unpaired) electrons. The summed E-state index contributed by atoms with van der Waals surface area (Å²) in [6.45, 7) is 1.63. The lowest BCUT2D eigenvalue weighted by atomic mass is 10.1. The first kappa shape index (κ1) is 24.0. The summed E-state index contributed by atoms with van der Waals surface area (Å²) in [6.07, 6.45) is 7.77. The Labute approximate surface area is 211 Å². The average molecular weight is 527 g/mol. The summed E-state index contributed by atoms with van der Waals surface area (Å²) < 4.78 is 30.2. The van der Waals surface area contributed by atoms with Gasteiger partial charge in [0.25, 0.3) is 5.91 Å². The lowest BCUT2D eigenvalue weighted by Crippen LogP contribution is -2.42. The second kappa shape index (κ2) is 10.5. The summed E-state index contributed by atoms with van der Waals surface area (Å²) in [7, 11) is -3.34. The minimum absolute atomic E-state index is 0.114. The molecule has 0 saturated carbocycles. The first-order valence-electron chi connectivity index (χ1n) is 10.9. The molecule has 1 fully saturated rings. The van der Waals surface area contributed by atoms with Gasteiger partial charge >= 0.3 is 0 Å². The van der Waals surface area contributed by atoms with E-state index in [1.807, 2.05) is 30.3 Å². The number of rotatable bonds is 5. The van der Waals surface area contributed by atoms with Gasteiger partial charge in [0.05, 0.1) is 34.9 Å². The van der Waals surface area contributed by atoms with E-state index in [1.165, 1.54) is 22.4 Å². The summed E-state index contributed by atoms with van der Waals surface area (Å²) in [5.74, 6) is -0.202. The molecule has 2 aliphatic rings. The van der Waals surface area contributed by atoms with Gasteiger partial charge in [-0.25, -0.2) is 23.5 Å². The molecule has 2 aromatic heterocycles. The van der Waals surface area contributed by atoms with Crippen molar-refractivity contribution in [1.29, 1.82) is 0 Å². The molecule has 180 valence electrons. The van der Waals surface area contributed by atoms with Crippen molar-refractivity contribution in [3.63, 3.8) is 0 Å². The van der Waals surface area contributed by atoms with Gasteiger partial charge in [0, 0.05) is 24.0 Å². The zero-order valence-electron chi connectivity index (χ0n) is 18.6. The highest BCUT2D eigenvalue weighted by Gasteiger charge is 2.22. The fraction of sp³-hybridized carbons (Fsp3) is 0.208. The molecule has 11 heteroatoms. The number of aromatic nitrogens is 2. The van der Waals surface area contributed by atoms with Gasteiger partial charge in [-0.2, -0.15) is 0 Å². The Morgan fingerprint density at radius 3 is 2.63 bits per heavy atom. The quantitative estimate of drug-likeness (QED) is 0.307. The number of carbonyl (C=O) groups is 1. The largest absolute Gasteiger partial charge is 0.379 e. The number of thioether (sulfide) groups is 1. The Morgan fingerprint density at radius 1 is 1.14 bits per heavy atom. The molecule has 35 heavy (non-hydrogen) atoms. The maximum atomic E-state index is 12.9. The molecule has 5 rings (SSSR count). The van der Waals surface area contributed by atoms with E-state index in [0.717, 1.165) is 26.4 Å². The minimum Gasteiger partial charge on any atom is -0.379 e. The number of hydrogen-bond acceptors (Lipinski definition) is 7. The monoisotopic (exact) mass is 526 g/mol. The van der Waals surface area contributed by atoms with Gasteiger partial charge in [-0.15, -0.1) is 11.3 Å². The third-order valence-electron chi connectivity index (χ3n) is 5.47. The van der Waals surface area contributed by atoms with E-state index in [9.17, 15) is 13.6 Å². The number of amides is 1. The zero-order chi connectivity index (χ0) is 24.3. The molecule has 8 nitrogen and oxygen atoms in total. The van der Waals surface area contributed by atoms with E-state index in [-0.39, 0.29) is 16.5 Å². The van der Waals surface area contributed by atoms with Crippen LogP contribution in [0, 0.1) is 0 Å². The van der Waals surface area contributed by atoms with Gasteiger partial charge < -0.3 is 9.29 Å². The van der Waals surface area contributed by atoms with Gasteiger partial charge in [-0.05, 0) is 29.9 Å². The predicted octanol–water partition coefficient (Wildman–Crippen LogP) is 3.72. The first-order chi connectivity index (χ1) is 17.0. The van der Waals surface area contributed by atoms with Gasteiger partial charge in [0.1, 0.15) is 16.2 Å². The van der Waals surface area contributed by atoms with Crippen LogP contribution in [0.1, 0.15) is 0 Å². The molecule has 1 N–H and O–H groups in total. The van der Waals surface area contributed by atoms with Crippen molar-refractivity contribution in [2.24, 2.45) is 4.99 Å². The number of fused-ring (bicyclic) bond motifs is 1. The van der Waals surface area contributed by atoms with E-state index >= 15 is 0 Å². The van der Waals surface area contributed by atoms with E-state index in [2.05, 4.69) is 20.3 Å². The van der Waals surface area contributed by atoms with Crippen molar-refractivity contribution in [3.8, 4) is 11.1 Å². The summed E-state index contributed by atoms with van der Waals surface area (Å²) in [5, 5.41) is 3.73. The standard InChI is InChI=1S/C24H22N4O4S3/c29-21(27-18-6-8-19(9-7-18)35(30,31)28-10-12-32-13-11-28)15-34-24-22-20(17-4-2-1-3-5-17)14-33-23(22)25-16-26-24/h1-9,14,16H,10-13,15H2,(H,30,31). The molecular formula is C24H22N4O4S3. The van der Waals surface area contributed by atoms with Crippen LogP contribution < -0.4 is 0 Å². The topological polar surface area (TPSA) is 105 Å². The average Bonchev–Trinajstić information content (AvgIpc) is 3.34. The molecule has 1 saturated heterocycles. The Hall–Kier alpha value is -2.67. The lowest BCUT2D eigenvalue weighted by molar-refractivity contribution is -0.115. The highest BCUT2D eigenvalue weighted by atomic mass is 32.2. The number of morpholine rings is 1. The lowest BCUT2D eigenvalue weighted by Gasteiger charge is -2.28. The van der Waals surface area contributed by atoms with Gasteiger partial charge in [-0.3, -0.25) is 4.79 Å². The number of benzene rings is 1. The van der Waals surface area contributed by atoms with Crippen LogP contribution in [0.2, 0.25) is 0 Å². The normalized spacial score (nSPS) is 18.1. The van der Waals surface area contributed by atoms with E-state index in [4.69, 9.17) is 4.74 Å². The summed E-state index contributed by atoms with van der Waals surface area (Å²) in [4.78, 5) is 26.7. The molecule has 1 aromatic carbocycles. The molecule has 1 amide bonds. The van der Waals surface area contributed by atoms with Crippen molar-refractivity contribution in [2.75, 3.05) is 32.1 Å². The number of nitrogens with zero attached hydrogens (tertiary/aromatic N) is 4. The van der Waals surface area contributed by atoms with E-state index < -0.39 is 9.99 Å². The minimum atomic E-state index is -3.34. The maximum Gasteiger partial charge on any atom is 0.256 e. The van der Waals surface area contributed by atoms with E-state index in [0.29, 0.717) is 32.0 Å². The SMILES string of the molecule is O=C(CSc1ncnc2scc(-c3ccccc3)c12)N=C1C=CC(=S(=O)(O)N2CCOCC2)C=C1. The first-order valence-corrected chi connectivity index (χ1v) is 14.2. The fourth-order valence-corrected chi connectivity index (χ4v) is 6.95. The summed E-state index contributed by atoms with van der Waals surface area (Å²) in [6, 6.07) is 10.0. The van der Waals surface area contributed by atoms with E-state index in [1.54, 1.807) is 35.6 Å². The van der Waals surface area contributed by atoms with Crippen LogP contribution >= 0.6 is 23.1 Å². The van der Waals surface area contributed by atoms with Crippen LogP contribution in [0.3, 0.4) is 0 Å². The van der Waals surface area contributed by atoms with Crippen LogP contribution in [0.4, 0.5) is 0 Å². The molecule has 0 bridgehead atoms. The second-order valence-electron chi connectivity index (χ2n) is 7.70. The number of carbonyl (C=O) groups excluding carboxylic acids is 1. The van der Waals surface area contributed by atoms with Crippen LogP contribution in [0.15, 0.2) is 76.4 Å².